The van der Waals surface area contributed by atoms with Crippen molar-refractivity contribution >= 4 is 13.6 Å². The number of pyridine rings is 1. The molecule has 0 radical (unpaired) electrons. The predicted molar refractivity (Wildman–Crippen MR) is 99.4 cm³/mol. The quantitative estimate of drug-likeness (QED) is 0.480. The highest BCUT2D eigenvalue weighted by atomic mass is 31.2. The van der Waals surface area contributed by atoms with E-state index in [1.807, 2.05) is 13.8 Å². The first-order valence-corrected chi connectivity index (χ1v) is 10.7. The van der Waals surface area contributed by atoms with Gasteiger partial charge < -0.3 is 23.3 Å². The highest BCUT2D eigenvalue weighted by Gasteiger charge is 2.37. The number of nitrogens with zero attached hydrogens (tertiary/aromatic N) is 1. The van der Waals surface area contributed by atoms with Crippen LogP contribution in [-0.2, 0) is 23.1 Å². The van der Waals surface area contributed by atoms with E-state index in [2.05, 4.69) is 4.98 Å². The molecule has 1 aliphatic rings. The number of carbonyl (C=O) groups excluding carboxylic acids is 1. The summed E-state index contributed by atoms with van der Waals surface area (Å²) in [6.45, 7) is 11.1. The van der Waals surface area contributed by atoms with Gasteiger partial charge in [0.25, 0.3) is 0 Å². The van der Waals surface area contributed by atoms with Crippen molar-refractivity contribution in [1.82, 2.24) is 4.98 Å². The maximum absolute atomic E-state index is 13.0. The summed E-state index contributed by atoms with van der Waals surface area (Å²) in [5.74, 6) is 0.405. The van der Waals surface area contributed by atoms with Gasteiger partial charge in [0, 0.05) is 13.1 Å². The molecule has 1 unspecified atom stereocenters. The van der Waals surface area contributed by atoms with Crippen LogP contribution in [0.15, 0.2) is 6.20 Å². The molecule has 0 saturated carbocycles. The maximum Gasteiger partial charge on any atom is 0.334 e. The molecule has 8 nitrogen and oxygen atoms in total. The summed E-state index contributed by atoms with van der Waals surface area (Å²) in [5, 5.41) is 0. The van der Waals surface area contributed by atoms with Crippen LogP contribution in [0.4, 0.5) is 0 Å². The Balaban J connectivity index is 2.46. The summed E-state index contributed by atoms with van der Waals surface area (Å²) < 4.78 is 41.1. The molecule has 152 valence electrons. The van der Waals surface area contributed by atoms with Crippen LogP contribution in [0, 0.1) is 6.92 Å². The lowest BCUT2D eigenvalue weighted by Crippen LogP contribution is -2.39. The van der Waals surface area contributed by atoms with Crippen LogP contribution < -0.4 is 9.47 Å². The number of aryl methyl sites for hydroxylation is 1. The molecule has 2 heterocycles. The second kappa shape index (κ2) is 8.59. The molecule has 1 aromatic heterocycles. The van der Waals surface area contributed by atoms with E-state index in [0.717, 1.165) is 0 Å². The monoisotopic (exact) mass is 401 g/mol. The molecule has 1 aromatic rings. The summed E-state index contributed by atoms with van der Waals surface area (Å²) in [6.07, 6.45) is 0.502. The average Bonchev–Trinajstić information content (AvgIpc) is 2.54. The van der Waals surface area contributed by atoms with Crippen LogP contribution in [0.5, 0.6) is 11.5 Å². The van der Waals surface area contributed by atoms with E-state index in [1.165, 1.54) is 6.92 Å². The van der Waals surface area contributed by atoms with Crippen LogP contribution in [-0.4, -0.2) is 42.5 Å². The second-order valence-electron chi connectivity index (χ2n) is 6.83. The Labute approximate surface area is 160 Å². The van der Waals surface area contributed by atoms with Crippen LogP contribution in [0.3, 0.4) is 0 Å². The van der Waals surface area contributed by atoms with Crippen molar-refractivity contribution in [2.75, 3.05) is 26.0 Å². The molecule has 0 aliphatic carbocycles. The molecular formula is C18H28NO7P. The van der Waals surface area contributed by atoms with Crippen molar-refractivity contribution in [3.63, 3.8) is 0 Å². The molecule has 1 aliphatic heterocycles. The minimum atomic E-state index is -3.47. The standard InChI is InChI=1S/C18H28NO7P/c1-7-23-27(21,24-8-2)10-15(25-13(4)20)14-9-19-12(3)16-17(14)22-11-18(5,6)26-16/h9,15H,7-8,10-11H2,1-6H3. The van der Waals surface area contributed by atoms with Crippen molar-refractivity contribution in [2.45, 2.75) is 53.2 Å². The Bertz CT molecular complexity index is 725. The minimum absolute atomic E-state index is 0.141. The van der Waals surface area contributed by atoms with Gasteiger partial charge in [-0.2, -0.15) is 0 Å². The third-order valence-corrected chi connectivity index (χ3v) is 5.91. The summed E-state index contributed by atoms with van der Waals surface area (Å²) >= 11 is 0. The Kier molecular flexibility index (Phi) is 6.89. The average molecular weight is 401 g/mol. The molecule has 0 amide bonds. The Hall–Kier alpha value is -1.63. The van der Waals surface area contributed by atoms with E-state index >= 15 is 0 Å². The van der Waals surface area contributed by atoms with Crippen molar-refractivity contribution in [1.29, 1.82) is 0 Å². The van der Waals surface area contributed by atoms with Gasteiger partial charge in [-0.3, -0.25) is 14.3 Å². The normalized spacial score (nSPS) is 16.7. The summed E-state index contributed by atoms with van der Waals surface area (Å²) in [6, 6.07) is 0. The molecule has 0 aromatic carbocycles. The fourth-order valence-electron chi connectivity index (χ4n) is 2.77. The minimum Gasteiger partial charge on any atom is -0.485 e. The fraction of sp³-hybridized carbons (Fsp3) is 0.667. The first kappa shape index (κ1) is 21.7. The molecule has 9 heteroatoms. The van der Waals surface area contributed by atoms with Crippen molar-refractivity contribution in [3.8, 4) is 11.5 Å². The maximum atomic E-state index is 13.0. The lowest BCUT2D eigenvalue weighted by molar-refractivity contribution is -0.145. The van der Waals surface area contributed by atoms with Crippen molar-refractivity contribution in [3.05, 3.63) is 17.5 Å². The van der Waals surface area contributed by atoms with Gasteiger partial charge in [-0.1, -0.05) is 0 Å². The summed E-state index contributed by atoms with van der Waals surface area (Å²) in [7, 11) is -3.47. The predicted octanol–water partition coefficient (Wildman–Crippen LogP) is 3.81. The first-order chi connectivity index (χ1) is 12.6. The zero-order valence-corrected chi connectivity index (χ0v) is 17.6. The number of hydrogen-bond acceptors (Lipinski definition) is 8. The molecule has 0 bridgehead atoms. The smallest absolute Gasteiger partial charge is 0.334 e. The molecule has 0 spiro atoms. The van der Waals surface area contributed by atoms with Crippen molar-refractivity contribution < 1.29 is 32.6 Å². The van der Waals surface area contributed by atoms with Crippen molar-refractivity contribution in [2.24, 2.45) is 0 Å². The van der Waals surface area contributed by atoms with Gasteiger partial charge in [-0.15, -0.1) is 0 Å². The first-order valence-electron chi connectivity index (χ1n) is 8.97. The Morgan fingerprint density at radius 1 is 1.30 bits per heavy atom. The fourth-order valence-corrected chi connectivity index (χ4v) is 4.52. The molecule has 1 atom stereocenters. The number of hydrogen-bond donors (Lipinski definition) is 0. The number of fused-ring (bicyclic) bond motifs is 1. The third kappa shape index (κ3) is 5.43. The highest BCUT2D eigenvalue weighted by molar-refractivity contribution is 7.53. The van der Waals surface area contributed by atoms with E-state index in [-0.39, 0.29) is 19.4 Å². The largest absolute Gasteiger partial charge is 0.485 e. The number of rotatable bonds is 8. The number of esters is 1. The van der Waals surface area contributed by atoms with Crippen LogP contribution in [0.2, 0.25) is 0 Å². The summed E-state index contributed by atoms with van der Waals surface area (Å²) in [5.41, 5.74) is 0.614. The molecular weight excluding hydrogens is 373 g/mol. The van der Waals surface area contributed by atoms with E-state index in [1.54, 1.807) is 27.0 Å². The van der Waals surface area contributed by atoms with Crippen LogP contribution in [0.1, 0.15) is 52.0 Å². The molecule has 0 N–H and O–H groups in total. The third-order valence-electron chi connectivity index (χ3n) is 3.83. The second-order valence-corrected chi connectivity index (χ2v) is 8.94. The molecule has 0 fully saturated rings. The van der Waals surface area contributed by atoms with Crippen LogP contribution >= 0.6 is 7.60 Å². The number of aromatic nitrogens is 1. The number of ether oxygens (including phenoxy) is 3. The van der Waals surface area contributed by atoms with E-state index in [4.69, 9.17) is 23.3 Å². The summed E-state index contributed by atoms with van der Waals surface area (Å²) in [4.78, 5) is 16.0. The van der Waals surface area contributed by atoms with Gasteiger partial charge in [0.2, 0.25) is 0 Å². The zero-order chi connectivity index (χ0) is 20.2. The molecule has 27 heavy (non-hydrogen) atoms. The SMILES string of the molecule is CCOP(=O)(CC(OC(C)=O)c1cnc(C)c2c1OCC(C)(C)O2)OCC. The van der Waals surface area contributed by atoms with Gasteiger partial charge in [-0.05, 0) is 34.6 Å². The molecule has 0 saturated heterocycles. The zero-order valence-electron chi connectivity index (χ0n) is 16.7. The van der Waals surface area contributed by atoms with Gasteiger partial charge in [-0.25, -0.2) is 0 Å². The van der Waals surface area contributed by atoms with Gasteiger partial charge >= 0.3 is 13.6 Å². The molecule has 2 rings (SSSR count). The van der Waals surface area contributed by atoms with Gasteiger partial charge in [0.05, 0.1) is 30.6 Å². The van der Waals surface area contributed by atoms with E-state index in [0.29, 0.717) is 29.4 Å². The van der Waals surface area contributed by atoms with Gasteiger partial charge in [0.1, 0.15) is 18.3 Å². The van der Waals surface area contributed by atoms with E-state index in [9.17, 15) is 9.36 Å². The topological polar surface area (TPSA) is 93.2 Å². The Morgan fingerprint density at radius 3 is 2.48 bits per heavy atom. The van der Waals surface area contributed by atoms with E-state index < -0.39 is 25.3 Å². The number of carbonyl (C=O) groups is 1. The highest BCUT2D eigenvalue weighted by Crippen LogP contribution is 2.53. The van der Waals surface area contributed by atoms with Gasteiger partial charge in [0.15, 0.2) is 11.5 Å². The Morgan fingerprint density at radius 2 is 1.93 bits per heavy atom. The lowest BCUT2D eigenvalue weighted by atomic mass is 10.1. The van der Waals surface area contributed by atoms with Crippen LogP contribution in [0.25, 0.3) is 0 Å². The lowest BCUT2D eigenvalue weighted by Gasteiger charge is -2.35.